The van der Waals surface area contributed by atoms with Crippen LogP contribution < -0.4 is 5.56 Å². The number of nitrogens with zero attached hydrogens (tertiary/aromatic N) is 4. The molecule has 1 unspecified atom stereocenters. The Morgan fingerprint density at radius 2 is 1.88 bits per heavy atom. The zero-order chi connectivity index (χ0) is 23.6. The Bertz CT molecular complexity index is 1050. The molecule has 8 nitrogen and oxygen atoms in total. The van der Waals surface area contributed by atoms with E-state index >= 15 is 0 Å². The van der Waals surface area contributed by atoms with Crippen molar-refractivity contribution < 1.29 is 14.3 Å². The average molecular weight is 443 g/mol. The minimum absolute atomic E-state index is 0.146. The molecule has 0 spiro atoms. The van der Waals surface area contributed by atoms with Gasteiger partial charge in [-0.25, -0.2) is 9.48 Å². The second kappa shape index (κ2) is 9.30. The first-order valence-electron chi connectivity index (χ1n) is 11.2. The summed E-state index contributed by atoms with van der Waals surface area (Å²) < 4.78 is 6.83. The SMILES string of the molecule is CC(C)n1nc(C(=O)N2CCCC(CN(C)C(=O)OC(C)(C)C)C2)c2ccccc2c1=O. The number of amides is 2. The van der Waals surface area contributed by atoms with Crippen molar-refractivity contribution in [2.45, 2.75) is 59.1 Å². The molecule has 1 fully saturated rings. The molecule has 0 radical (unpaired) electrons. The summed E-state index contributed by atoms with van der Waals surface area (Å²) in [4.78, 5) is 42.0. The fourth-order valence-corrected chi connectivity index (χ4v) is 4.06. The third-order valence-corrected chi connectivity index (χ3v) is 5.56. The topological polar surface area (TPSA) is 84.7 Å². The van der Waals surface area contributed by atoms with Crippen LogP contribution in [0.3, 0.4) is 0 Å². The first-order valence-corrected chi connectivity index (χ1v) is 11.2. The summed E-state index contributed by atoms with van der Waals surface area (Å²) in [6, 6.07) is 6.97. The molecule has 1 aliphatic heterocycles. The molecule has 2 amide bonds. The van der Waals surface area contributed by atoms with Gasteiger partial charge in [0.05, 0.1) is 11.4 Å². The maximum absolute atomic E-state index is 13.5. The summed E-state index contributed by atoms with van der Waals surface area (Å²) in [5.41, 5.74) is -0.440. The van der Waals surface area contributed by atoms with Crippen LogP contribution in [0.2, 0.25) is 0 Å². The van der Waals surface area contributed by atoms with Crippen LogP contribution in [0.5, 0.6) is 0 Å². The Balaban J connectivity index is 1.81. The van der Waals surface area contributed by atoms with E-state index in [0.29, 0.717) is 36.1 Å². The molecule has 1 aromatic carbocycles. The van der Waals surface area contributed by atoms with Gasteiger partial charge in [0.2, 0.25) is 0 Å². The second-order valence-corrected chi connectivity index (χ2v) is 9.86. The van der Waals surface area contributed by atoms with E-state index in [9.17, 15) is 14.4 Å². The summed E-state index contributed by atoms with van der Waals surface area (Å²) in [6.45, 7) is 10.9. The smallest absolute Gasteiger partial charge is 0.410 e. The molecule has 8 heteroatoms. The van der Waals surface area contributed by atoms with Gasteiger partial charge in [0.15, 0.2) is 5.69 Å². The third kappa shape index (κ3) is 5.29. The predicted octanol–water partition coefficient (Wildman–Crippen LogP) is 3.70. The molecule has 0 saturated carbocycles. The Labute approximate surface area is 189 Å². The lowest BCUT2D eigenvalue weighted by atomic mass is 9.97. The maximum Gasteiger partial charge on any atom is 0.410 e. The fourth-order valence-electron chi connectivity index (χ4n) is 4.06. The minimum Gasteiger partial charge on any atom is -0.444 e. The van der Waals surface area contributed by atoms with Crippen LogP contribution in [0, 0.1) is 5.92 Å². The predicted molar refractivity (Wildman–Crippen MR) is 124 cm³/mol. The average Bonchev–Trinajstić information content (AvgIpc) is 2.72. The highest BCUT2D eigenvalue weighted by Crippen LogP contribution is 2.22. The quantitative estimate of drug-likeness (QED) is 0.721. The number of carbonyl (C=O) groups is 2. The second-order valence-electron chi connectivity index (χ2n) is 9.86. The first-order chi connectivity index (χ1) is 15.0. The Hall–Kier alpha value is -2.90. The standard InChI is InChI=1S/C24H34N4O4/c1-16(2)28-21(29)19-12-8-7-11-18(19)20(25-28)22(30)27-13-9-10-17(15-27)14-26(6)23(31)32-24(3,4)5/h7-8,11-12,16-17H,9-10,13-15H2,1-6H3. The van der Waals surface area contributed by atoms with E-state index in [0.717, 1.165) is 12.8 Å². The van der Waals surface area contributed by atoms with Crippen LogP contribution in [0.1, 0.15) is 64.0 Å². The van der Waals surface area contributed by atoms with Crippen molar-refractivity contribution in [1.29, 1.82) is 0 Å². The van der Waals surface area contributed by atoms with Crippen molar-refractivity contribution in [3.63, 3.8) is 0 Å². The monoisotopic (exact) mass is 442 g/mol. The first kappa shape index (κ1) is 23.8. The third-order valence-electron chi connectivity index (χ3n) is 5.56. The lowest BCUT2D eigenvalue weighted by Gasteiger charge is -2.35. The van der Waals surface area contributed by atoms with Crippen molar-refractivity contribution in [2.24, 2.45) is 5.92 Å². The van der Waals surface area contributed by atoms with E-state index in [1.807, 2.05) is 40.7 Å². The molecular formula is C24H34N4O4. The van der Waals surface area contributed by atoms with E-state index in [-0.39, 0.29) is 29.5 Å². The van der Waals surface area contributed by atoms with Gasteiger partial charge in [-0.1, -0.05) is 18.2 Å². The van der Waals surface area contributed by atoms with Gasteiger partial charge in [-0.3, -0.25) is 9.59 Å². The molecule has 1 aromatic heterocycles. The van der Waals surface area contributed by atoms with Gasteiger partial charge < -0.3 is 14.5 Å². The minimum atomic E-state index is -0.549. The molecule has 1 atom stereocenters. The van der Waals surface area contributed by atoms with Crippen molar-refractivity contribution in [1.82, 2.24) is 19.6 Å². The lowest BCUT2D eigenvalue weighted by molar-refractivity contribution is 0.0244. The number of piperidine rings is 1. The van der Waals surface area contributed by atoms with Crippen molar-refractivity contribution >= 4 is 22.8 Å². The van der Waals surface area contributed by atoms with Gasteiger partial charge in [0, 0.05) is 32.1 Å². The number of ether oxygens (including phenoxy) is 1. The number of carbonyl (C=O) groups excluding carboxylic acids is 2. The lowest BCUT2D eigenvalue weighted by Crippen LogP contribution is -2.45. The van der Waals surface area contributed by atoms with Gasteiger partial charge in [-0.15, -0.1) is 0 Å². The fraction of sp³-hybridized carbons (Fsp3) is 0.583. The number of hydrogen-bond donors (Lipinski definition) is 0. The highest BCUT2D eigenvalue weighted by atomic mass is 16.6. The molecule has 0 aliphatic carbocycles. The molecule has 0 N–H and O–H groups in total. The van der Waals surface area contributed by atoms with Gasteiger partial charge in [-0.05, 0) is 59.4 Å². The molecule has 1 aliphatic rings. The largest absolute Gasteiger partial charge is 0.444 e. The molecule has 1 saturated heterocycles. The molecule has 32 heavy (non-hydrogen) atoms. The van der Waals surface area contributed by atoms with Gasteiger partial charge >= 0.3 is 6.09 Å². The van der Waals surface area contributed by atoms with Crippen LogP contribution in [0.4, 0.5) is 4.79 Å². The van der Waals surface area contributed by atoms with E-state index in [1.165, 1.54) is 4.68 Å². The molecule has 174 valence electrons. The number of benzene rings is 1. The van der Waals surface area contributed by atoms with Gasteiger partial charge in [-0.2, -0.15) is 5.10 Å². The molecule has 0 bridgehead atoms. The highest BCUT2D eigenvalue weighted by molar-refractivity contribution is 6.04. The Morgan fingerprint density at radius 1 is 1.22 bits per heavy atom. The zero-order valence-corrected chi connectivity index (χ0v) is 19.9. The number of hydrogen-bond acceptors (Lipinski definition) is 5. The van der Waals surface area contributed by atoms with Crippen LogP contribution in [-0.4, -0.2) is 63.9 Å². The Morgan fingerprint density at radius 3 is 2.50 bits per heavy atom. The van der Waals surface area contributed by atoms with E-state index in [4.69, 9.17) is 4.74 Å². The zero-order valence-electron chi connectivity index (χ0n) is 19.9. The Kier molecular flexibility index (Phi) is 6.91. The molecular weight excluding hydrogens is 408 g/mol. The number of rotatable bonds is 4. The van der Waals surface area contributed by atoms with E-state index in [2.05, 4.69) is 5.10 Å². The summed E-state index contributed by atoms with van der Waals surface area (Å²) in [6.07, 6.45) is 1.41. The summed E-state index contributed by atoms with van der Waals surface area (Å²) >= 11 is 0. The van der Waals surface area contributed by atoms with Crippen molar-refractivity contribution in [2.75, 3.05) is 26.7 Å². The number of fused-ring (bicyclic) bond motifs is 1. The van der Waals surface area contributed by atoms with Gasteiger partial charge in [0.25, 0.3) is 11.5 Å². The molecule has 3 rings (SSSR count). The van der Waals surface area contributed by atoms with Crippen molar-refractivity contribution in [3.05, 3.63) is 40.3 Å². The van der Waals surface area contributed by atoms with Crippen LogP contribution in [0.25, 0.3) is 10.8 Å². The molecule has 2 aromatic rings. The maximum atomic E-state index is 13.5. The number of aromatic nitrogens is 2. The van der Waals surface area contributed by atoms with Crippen LogP contribution >= 0.6 is 0 Å². The van der Waals surface area contributed by atoms with Crippen LogP contribution in [0.15, 0.2) is 29.1 Å². The number of likely N-dealkylation sites (tertiary alicyclic amines) is 1. The summed E-state index contributed by atoms with van der Waals surface area (Å²) in [5, 5.41) is 5.53. The summed E-state index contributed by atoms with van der Waals surface area (Å²) in [5.74, 6) is -0.0345. The highest BCUT2D eigenvalue weighted by Gasteiger charge is 2.30. The molecule has 2 heterocycles. The van der Waals surface area contributed by atoms with E-state index < -0.39 is 5.60 Å². The van der Waals surface area contributed by atoms with Crippen LogP contribution in [-0.2, 0) is 4.74 Å². The normalized spacial score (nSPS) is 17.0. The van der Waals surface area contributed by atoms with Crippen molar-refractivity contribution in [3.8, 4) is 0 Å². The van der Waals surface area contributed by atoms with E-state index in [1.54, 1.807) is 35.0 Å². The summed E-state index contributed by atoms with van der Waals surface area (Å²) in [7, 11) is 1.72. The van der Waals surface area contributed by atoms with Gasteiger partial charge in [0.1, 0.15) is 5.60 Å².